The summed E-state index contributed by atoms with van der Waals surface area (Å²) in [5.74, 6) is -0.0257. The summed E-state index contributed by atoms with van der Waals surface area (Å²) in [6.07, 6.45) is 1.67. The lowest BCUT2D eigenvalue weighted by atomic mass is 10.0. The molecular formula is C13H10ClNO. The first-order valence-corrected chi connectivity index (χ1v) is 5.28. The first kappa shape index (κ1) is 10.8. The Morgan fingerprint density at radius 2 is 1.88 bits per heavy atom. The summed E-state index contributed by atoms with van der Waals surface area (Å²) < 4.78 is 0. The minimum absolute atomic E-state index is 0.0257. The number of rotatable bonds is 2. The molecule has 1 heterocycles. The smallest absolute Gasteiger partial charge is 0.194 e. The lowest BCUT2D eigenvalue weighted by Gasteiger charge is -2.03. The predicted molar refractivity (Wildman–Crippen MR) is 63.9 cm³/mol. The van der Waals surface area contributed by atoms with Crippen LogP contribution in [0.4, 0.5) is 0 Å². The molecule has 2 rings (SSSR count). The normalized spacial score (nSPS) is 10.1. The van der Waals surface area contributed by atoms with Crippen LogP contribution in [0.15, 0.2) is 42.6 Å². The first-order valence-electron chi connectivity index (χ1n) is 4.90. The molecular weight excluding hydrogens is 222 g/mol. The molecule has 2 aromatic rings. The fraction of sp³-hybridized carbons (Fsp3) is 0.0769. The monoisotopic (exact) mass is 231 g/mol. The maximum absolute atomic E-state index is 12.1. The second-order valence-corrected chi connectivity index (χ2v) is 3.91. The lowest BCUT2D eigenvalue weighted by molar-refractivity contribution is 0.103. The molecule has 1 aromatic carbocycles. The van der Waals surface area contributed by atoms with Gasteiger partial charge in [0.05, 0.1) is 0 Å². The molecule has 0 N–H and O–H groups in total. The molecule has 0 bridgehead atoms. The Bertz CT molecular complexity index is 520. The Morgan fingerprint density at radius 1 is 1.19 bits per heavy atom. The summed E-state index contributed by atoms with van der Waals surface area (Å²) in [6, 6.07) is 10.4. The number of carbonyl (C=O) groups excluding carboxylic acids is 1. The topological polar surface area (TPSA) is 30.0 Å². The standard InChI is InChI=1S/C13H10ClNO/c1-9-12(3-2-8-15-9)13(16)10-4-6-11(14)7-5-10/h2-8H,1H3. The highest BCUT2D eigenvalue weighted by atomic mass is 35.5. The number of hydrogen-bond acceptors (Lipinski definition) is 2. The van der Waals surface area contributed by atoms with Crippen molar-refractivity contribution >= 4 is 17.4 Å². The molecule has 0 radical (unpaired) electrons. The van der Waals surface area contributed by atoms with Crippen molar-refractivity contribution in [3.63, 3.8) is 0 Å². The molecule has 0 fully saturated rings. The largest absolute Gasteiger partial charge is 0.289 e. The summed E-state index contributed by atoms with van der Waals surface area (Å²) >= 11 is 5.77. The maximum Gasteiger partial charge on any atom is 0.194 e. The van der Waals surface area contributed by atoms with Crippen molar-refractivity contribution in [1.29, 1.82) is 0 Å². The lowest BCUT2D eigenvalue weighted by Crippen LogP contribution is -2.04. The fourth-order valence-corrected chi connectivity index (χ4v) is 1.61. The van der Waals surface area contributed by atoms with E-state index in [4.69, 9.17) is 11.6 Å². The van der Waals surface area contributed by atoms with Crippen molar-refractivity contribution in [1.82, 2.24) is 4.98 Å². The Morgan fingerprint density at radius 3 is 2.50 bits per heavy atom. The molecule has 0 atom stereocenters. The van der Waals surface area contributed by atoms with Crippen LogP contribution in [0, 0.1) is 6.92 Å². The number of ketones is 1. The van der Waals surface area contributed by atoms with Gasteiger partial charge in [0.15, 0.2) is 5.78 Å². The SMILES string of the molecule is Cc1ncccc1C(=O)c1ccc(Cl)cc1. The molecule has 0 saturated heterocycles. The van der Waals surface area contributed by atoms with Crippen molar-refractivity contribution in [2.75, 3.05) is 0 Å². The zero-order chi connectivity index (χ0) is 11.5. The molecule has 80 valence electrons. The molecule has 0 spiro atoms. The van der Waals surface area contributed by atoms with E-state index in [2.05, 4.69) is 4.98 Å². The Balaban J connectivity index is 2.40. The van der Waals surface area contributed by atoms with Crippen LogP contribution in [0.5, 0.6) is 0 Å². The summed E-state index contributed by atoms with van der Waals surface area (Å²) in [5, 5.41) is 0.624. The third-order valence-corrected chi connectivity index (χ3v) is 2.61. The van der Waals surface area contributed by atoms with Gasteiger partial charge in [-0.25, -0.2) is 0 Å². The maximum atomic E-state index is 12.1. The van der Waals surface area contributed by atoms with Gasteiger partial charge in [-0.05, 0) is 43.3 Å². The number of aryl methyl sites for hydroxylation is 1. The molecule has 1 aromatic heterocycles. The van der Waals surface area contributed by atoms with Gasteiger partial charge in [-0.3, -0.25) is 9.78 Å². The number of benzene rings is 1. The number of aromatic nitrogens is 1. The molecule has 16 heavy (non-hydrogen) atoms. The summed E-state index contributed by atoms with van der Waals surface area (Å²) in [4.78, 5) is 16.2. The van der Waals surface area contributed by atoms with Crippen LogP contribution in [0.2, 0.25) is 5.02 Å². The molecule has 2 nitrogen and oxygen atoms in total. The van der Waals surface area contributed by atoms with Gasteiger partial charge in [-0.2, -0.15) is 0 Å². The number of carbonyl (C=O) groups is 1. The van der Waals surface area contributed by atoms with Crippen molar-refractivity contribution in [2.45, 2.75) is 6.92 Å². The van der Waals surface area contributed by atoms with Gasteiger partial charge in [-0.15, -0.1) is 0 Å². The van der Waals surface area contributed by atoms with Gasteiger partial charge in [-0.1, -0.05) is 11.6 Å². The fourth-order valence-electron chi connectivity index (χ4n) is 1.48. The Hall–Kier alpha value is -1.67. The molecule has 0 unspecified atom stereocenters. The van der Waals surface area contributed by atoms with Crippen LogP contribution in [0.1, 0.15) is 21.6 Å². The van der Waals surface area contributed by atoms with Crippen molar-refractivity contribution in [3.8, 4) is 0 Å². The zero-order valence-corrected chi connectivity index (χ0v) is 9.53. The third-order valence-electron chi connectivity index (χ3n) is 2.36. The summed E-state index contributed by atoms with van der Waals surface area (Å²) in [5.41, 5.74) is 1.99. The van der Waals surface area contributed by atoms with E-state index in [1.807, 2.05) is 6.92 Å². The van der Waals surface area contributed by atoms with E-state index < -0.39 is 0 Å². The van der Waals surface area contributed by atoms with Crippen LogP contribution < -0.4 is 0 Å². The highest BCUT2D eigenvalue weighted by Crippen LogP contribution is 2.15. The number of pyridine rings is 1. The van der Waals surface area contributed by atoms with Gasteiger partial charge in [0.2, 0.25) is 0 Å². The summed E-state index contributed by atoms with van der Waals surface area (Å²) in [6.45, 7) is 1.82. The van der Waals surface area contributed by atoms with E-state index in [0.29, 0.717) is 16.1 Å². The summed E-state index contributed by atoms with van der Waals surface area (Å²) in [7, 11) is 0. The Kier molecular flexibility index (Phi) is 3.02. The highest BCUT2D eigenvalue weighted by Gasteiger charge is 2.11. The molecule has 0 amide bonds. The van der Waals surface area contributed by atoms with Crippen LogP contribution in [-0.2, 0) is 0 Å². The molecule has 0 aliphatic carbocycles. The van der Waals surface area contributed by atoms with E-state index >= 15 is 0 Å². The Labute approximate surface area is 98.9 Å². The van der Waals surface area contributed by atoms with Gasteiger partial charge < -0.3 is 0 Å². The van der Waals surface area contributed by atoms with Gasteiger partial charge in [0.25, 0.3) is 0 Å². The minimum Gasteiger partial charge on any atom is -0.289 e. The second-order valence-electron chi connectivity index (χ2n) is 3.47. The second kappa shape index (κ2) is 4.45. The van der Waals surface area contributed by atoms with E-state index in [-0.39, 0.29) is 5.78 Å². The zero-order valence-electron chi connectivity index (χ0n) is 8.77. The van der Waals surface area contributed by atoms with Crippen molar-refractivity contribution in [3.05, 3.63) is 64.4 Å². The average Bonchev–Trinajstić information content (AvgIpc) is 2.30. The highest BCUT2D eigenvalue weighted by molar-refractivity contribution is 6.30. The quantitative estimate of drug-likeness (QED) is 0.743. The van der Waals surface area contributed by atoms with Gasteiger partial charge >= 0.3 is 0 Å². The number of nitrogens with zero attached hydrogens (tertiary/aromatic N) is 1. The van der Waals surface area contributed by atoms with Crippen molar-refractivity contribution in [2.24, 2.45) is 0 Å². The molecule has 0 aliphatic rings. The number of halogens is 1. The first-order chi connectivity index (χ1) is 7.68. The molecule has 0 saturated carbocycles. The van der Waals surface area contributed by atoms with Gasteiger partial charge in [0.1, 0.15) is 0 Å². The molecule has 0 aliphatic heterocycles. The average molecular weight is 232 g/mol. The van der Waals surface area contributed by atoms with Crippen LogP contribution >= 0.6 is 11.6 Å². The van der Waals surface area contributed by atoms with Crippen LogP contribution in [0.3, 0.4) is 0 Å². The van der Waals surface area contributed by atoms with E-state index in [1.54, 1.807) is 42.6 Å². The van der Waals surface area contributed by atoms with Crippen molar-refractivity contribution < 1.29 is 4.79 Å². The minimum atomic E-state index is -0.0257. The van der Waals surface area contributed by atoms with E-state index in [9.17, 15) is 4.79 Å². The van der Waals surface area contributed by atoms with Crippen LogP contribution in [-0.4, -0.2) is 10.8 Å². The van der Waals surface area contributed by atoms with Gasteiger partial charge in [0, 0.05) is 28.0 Å². The van der Waals surface area contributed by atoms with E-state index in [1.165, 1.54) is 0 Å². The van der Waals surface area contributed by atoms with E-state index in [0.717, 1.165) is 5.69 Å². The molecule has 3 heteroatoms. The number of hydrogen-bond donors (Lipinski definition) is 0. The van der Waals surface area contributed by atoms with Crippen LogP contribution in [0.25, 0.3) is 0 Å². The predicted octanol–water partition coefficient (Wildman–Crippen LogP) is 3.27. The third kappa shape index (κ3) is 2.12.